The Morgan fingerprint density at radius 2 is 1.71 bits per heavy atom. The molecule has 0 bridgehead atoms. The Morgan fingerprint density at radius 1 is 1.06 bits per heavy atom. The summed E-state index contributed by atoms with van der Waals surface area (Å²) in [5.74, 6) is -0.675. The lowest BCUT2D eigenvalue weighted by Crippen LogP contribution is -2.42. The van der Waals surface area contributed by atoms with Crippen LogP contribution in [0.4, 0.5) is 5.69 Å². The van der Waals surface area contributed by atoms with Crippen LogP contribution in [0.25, 0.3) is 0 Å². The molecule has 2 aromatic carbocycles. The van der Waals surface area contributed by atoms with Crippen LogP contribution >= 0.6 is 0 Å². The Bertz CT molecular complexity index is 1040. The van der Waals surface area contributed by atoms with E-state index in [1.807, 2.05) is 32.9 Å². The molecule has 8 heteroatoms. The van der Waals surface area contributed by atoms with Gasteiger partial charge in [-0.15, -0.1) is 0 Å². The molecule has 1 fully saturated rings. The van der Waals surface area contributed by atoms with Gasteiger partial charge < -0.3 is 10.1 Å². The quantitative estimate of drug-likeness (QED) is 0.689. The van der Waals surface area contributed by atoms with Crippen molar-refractivity contribution in [1.29, 1.82) is 0 Å². The first-order chi connectivity index (χ1) is 14.6. The monoisotopic (exact) mass is 444 g/mol. The SMILES string of the molecule is Cc1ccc(NC(=O)COC(=O)c2cccc(S(=O)(=O)N3CC(C)CC(C)C3)c2)cc1. The topological polar surface area (TPSA) is 92.8 Å². The van der Waals surface area contributed by atoms with Crippen molar-refractivity contribution in [3.8, 4) is 0 Å². The lowest BCUT2D eigenvalue weighted by atomic mass is 9.94. The molecule has 0 spiro atoms. The molecule has 2 unspecified atom stereocenters. The number of piperidine rings is 1. The van der Waals surface area contributed by atoms with Gasteiger partial charge in [0, 0.05) is 18.8 Å². The fraction of sp³-hybridized carbons (Fsp3) is 0.391. The summed E-state index contributed by atoms with van der Waals surface area (Å²) < 4.78 is 32.7. The summed E-state index contributed by atoms with van der Waals surface area (Å²) in [4.78, 5) is 24.5. The van der Waals surface area contributed by atoms with E-state index in [1.165, 1.54) is 28.6 Å². The number of ether oxygens (including phenoxy) is 1. The van der Waals surface area contributed by atoms with E-state index >= 15 is 0 Å². The van der Waals surface area contributed by atoms with Gasteiger partial charge in [0.25, 0.3) is 5.91 Å². The second kappa shape index (κ2) is 9.62. The number of hydrogen-bond donors (Lipinski definition) is 1. The fourth-order valence-corrected chi connectivity index (χ4v) is 5.51. The first kappa shape index (κ1) is 23.0. The molecule has 7 nitrogen and oxygen atoms in total. The molecule has 1 amide bonds. The molecule has 0 aromatic heterocycles. The van der Waals surface area contributed by atoms with E-state index in [9.17, 15) is 18.0 Å². The molecule has 31 heavy (non-hydrogen) atoms. The zero-order valence-electron chi connectivity index (χ0n) is 18.0. The number of hydrogen-bond acceptors (Lipinski definition) is 5. The minimum Gasteiger partial charge on any atom is -0.452 e. The van der Waals surface area contributed by atoms with Gasteiger partial charge in [0.1, 0.15) is 0 Å². The predicted octanol–water partition coefficient (Wildman–Crippen LogP) is 3.46. The second-order valence-corrected chi connectivity index (χ2v) is 10.2. The van der Waals surface area contributed by atoms with Crippen LogP contribution in [0.1, 0.15) is 36.2 Å². The van der Waals surface area contributed by atoms with Gasteiger partial charge in [-0.3, -0.25) is 4.79 Å². The number of amides is 1. The van der Waals surface area contributed by atoms with Crippen molar-refractivity contribution >= 4 is 27.6 Å². The maximum atomic E-state index is 13.1. The zero-order valence-corrected chi connectivity index (χ0v) is 18.8. The maximum absolute atomic E-state index is 13.1. The number of rotatable bonds is 6. The summed E-state index contributed by atoms with van der Waals surface area (Å²) in [6.07, 6.45) is 0.989. The Labute approximate surface area is 183 Å². The van der Waals surface area contributed by atoms with Gasteiger partial charge in [-0.25, -0.2) is 13.2 Å². The number of carbonyl (C=O) groups excluding carboxylic acids is 2. The van der Waals surface area contributed by atoms with Gasteiger partial charge >= 0.3 is 5.97 Å². The van der Waals surface area contributed by atoms with Crippen molar-refractivity contribution in [3.05, 3.63) is 59.7 Å². The lowest BCUT2D eigenvalue weighted by molar-refractivity contribution is -0.119. The van der Waals surface area contributed by atoms with Crippen LogP contribution in [-0.4, -0.2) is 44.3 Å². The average Bonchev–Trinajstić information content (AvgIpc) is 2.73. The van der Waals surface area contributed by atoms with Gasteiger partial charge in [-0.2, -0.15) is 4.31 Å². The molecule has 0 aliphatic carbocycles. The summed E-state index contributed by atoms with van der Waals surface area (Å²) in [6.45, 7) is 6.46. The smallest absolute Gasteiger partial charge is 0.338 e. The largest absolute Gasteiger partial charge is 0.452 e. The van der Waals surface area contributed by atoms with Gasteiger partial charge in [0.2, 0.25) is 10.0 Å². The Hall–Kier alpha value is -2.71. The minimum absolute atomic E-state index is 0.0485. The number of aryl methyl sites for hydroxylation is 1. The van der Waals surface area contributed by atoms with E-state index in [4.69, 9.17) is 4.74 Å². The highest BCUT2D eigenvalue weighted by atomic mass is 32.2. The summed E-state index contributed by atoms with van der Waals surface area (Å²) in [5.41, 5.74) is 1.75. The van der Waals surface area contributed by atoms with Crippen LogP contribution in [0.5, 0.6) is 0 Å². The highest BCUT2D eigenvalue weighted by molar-refractivity contribution is 7.89. The highest BCUT2D eigenvalue weighted by Gasteiger charge is 2.32. The van der Waals surface area contributed by atoms with Crippen molar-refractivity contribution < 1.29 is 22.7 Å². The standard InChI is InChI=1S/C23H28N2O5S/c1-16-7-9-20(10-8-16)24-22(26)15-30-23(27)19-5-4-6-21(12-19)31(28,29)25-13-17(2)11-18(3)14-25/h4-10,12,17-18H,11,13-15H2,1-3H3,(H,24,26). The molecule has 1 saturated heterocycles. The summed E-state index contributed by atoms with van der Waals surface area (Å²) in [7, 11) is -3.71. The fourth-order valence-electron chi connectivity index (χ4n) is 3.78. The molecule has 0 saturated carbocycles. The van der Waals surface area contributed by atoms with E-state index < -0.39 is 28.5 Å². The molecule has 1 aliphatic rings. The highest BCUT2D eigenvalue weighted by Crippen LogP contribution is 2.27. The van der Waals surface area contributed by atoms with Crippen LogP contribution in [-0.2, 0) is 19.6 Å². The van der Waals surface area contributed by atoms with E-state index in [-0.39, 0.29) is 22.3 Å². The number of anilines is 1. The maximum Gasteiger partial charge on any atom is 0.338 e. The van der Waals surface area contributed by atoms with Crippen molar-refractivity contribution in [2.75, 3.05) is 25.0 Å². The van der Waals surface area contributed by atoms with E-state index in [0.29, 0.717) is 18.8 Å². The third kappa shape index (κ3) is 5.92. The third-order valence-electron chi connectivity index (χ3n) is 5.21. The zero-order chi connectivity index (χ0) is 22.6. The molecule has 1 heterocycles. The number of benzene rings is 2. The predicted molar refractivity (Wildman–Crippen MR) is 118 cm³/mol. The third-order valence-corrected chi connectivity index (χ3v) is 7.04. The van der Waals surface area contributed by atoms with Gasteiger partial charge in [-0.1, -0.05) is 37.6 Å². The van der Waals surface area contributed by atoms with Crippen LogP contribution in [0, 0.1) is 18.8 Å². The first-order valence-corrected chi connectivity index (χ1v) is 11.7. The van der Waals surface area contributed by atoms with Gasteiger partial charge in [0.15, 0.2) is 6.61 Å². The van der Waals surface area contributed by atoms with Crippen molar-refractivity contribution in [2.45, 2.75) is 32.1 Å². The van der Waals surface area contributed by atoms with Crippen molar-refractivity contribution in [3.63, 3.8) is 0 Å². The molecule has 2 atom stereocenters. The molecule has 1 N–H and O–H groups in total. The van der Waals surface area contributed by atoms with E-state index in [0.717, 1.165) is 12.0 Å². The Balaban J connectivity index is 1.64. The van der Waals surface area contributed by atoms with Gasteiger partial charge in [0.05, 0.1) is 10.5 Å². The molecule has 2 aromatic rings. The molecular weight excluding hydrogens is 416 g/mol. The normalized spacial score (nSPS) is 19.6. The number of carbonyl (C=O) groups is 2. The molecule has 1 aliphatic heterocycles. The number of esters is 1. The van der Waals surface area contributed by atoms with E-state index in [2.05, 4.69) is 5.32 Å². The number of nitrogens with zero attached hydrogens (tertiary/aromatic N) is 1. The average molecular weight is 445 g/mol. The molecule has 166 valence electrons. The Morgan fingerprint density at radius 3 is 2.35 bits per heavy atom. The number of nitrogens with one attached hydrogen (secondary N) is 1. The molecular formula is C23H28N2O5S. The second-order valence-electron chi connectivity index (χ2n) is 8.29. The summed E-state index contributed by atoms with van der Waals surface area (Å²) in [5, 5.41) is 2.64. The minimum atomic E-state index is -3.71. The summed E-state index contributed by atoms with van der Waals surface area (Å²) in [6, 6.07) is 13.0. The van der Waals surface area contributed by atoms with Crippen LogP contribution < -0.4 is 5.32 Å². The van der Waals surface area contributed by atoms with Gasteiger partial charge in [-0.05, 0) is 55.5 Å². The van der Waals surface area contributed by atoms with Crippen LogP contribution in [0.15, 0.2) is 53.4 Å². The van der Waals surface area contributed by atoms with Crippen LogP contribution in [0.2, 0.25) is 0 Å². The molecule has 3 rings (SSSR count). The molecule has 0 radical (unpaired) electrons. The van der Waals surface area contributed by atoms with Crippen molar-refractivity contribution in [2.24, 2.45) is 11.8 Å². The number of sulfonamides is 1. The van der Waals surface area contributed by atoms with Crippen molar-refractivity contribution in [1.82, 2.24) is 4.31 Å². The van der Waals surface area contributed by atoms with Crippen LogP contribution in [0.3, 0.4) is 0 Å². The summed E-state index contributed by atoms with van der Waals surface area (Å²) >= 11 is 0. The first-order valence-electron chi connectivity index (χ1n) is 10.3. The Kier molecular flexibility index (Phi) is 7.12. The lowest BCUT2D eigenvalue weighted by Gasteiger charge is -2.34. The van der Waals surface area contributed by atoms with E-state index in [1.54, 1.807) is 12.1 Å².